The Balaban J connectivity index is 1.35. The van der Waals surface area contributed by atoms with Crippen LogP contribution in [0.4, 0.5) is 0 Å². The van der Waals surface area contributed by atoms with Crippen LogP contribution in [0.5, 0.6) is 0 Å². The minimum Gasteiger partial charge on any atom is -0.312 e. The van der Waals surface area contributed by atoms with E-state index in [1.807, 2.05) is 0 Å². The Bertz CT molecular complexity index is 224. The highest BCUT2D eigenvalue weighted by atomic mass is 15.2. The molecule has 0 aromatic heterocycles. The largest absolute Gasteiger partial charge is 0.312 e. The summed E-state index contributed by atoms with van der Waals surface area (Å²) in [6, 6.07) is 0.815. The Kier molecular flexibility index (Phi) is 3.99. The monoisotopic (exact) mass is 237 g/mol. The van der Waals surface area contributed by atoms with E-state index in [4.69, 9.17) is 0 Å². The quantitative estimate of drug-likeness (QED) is 0.791. The molecule has 98 valence electrons. The van der Waals surface area contributed by atoms with E-state index in [0.717, 1.165) is 12.0 Å². The van der Waals surface area contributed by atoms with Crippen molar-refractivity contribution < 1.29 is 0 Å². The second kappa shape index (κ2) is 5.68. The van der Waals surface area contributed by atoms with Gasteiger partial charge in [-0.15, -0.1) is 0 Å². The highest BCUT2D eigenvalue weighted by Gasteiger charge is 2.33. The van der Waals surface area contributed by atoms with E-state index in [1.54, 1.807) is 0 Å². The molecule has 3 heteroatoms. The fourth-order valence-electron chi connectivity index (χ4n) is 3.84. The molecule has 2 atom stereocenters. The molecule has 1 N–H and O–H groups in total. The maximum absolute atomic E-state index is 3.69. The lowest BCUT2D eigenvalue weighted by molar-refractivity contribution is 0.273. The molecule has 3 aliphatic heterocycles. The molecule has 2 unspecified atom stereocenters. The summed E-state index contributed by atoms with van der Waals surface area (Å²) in [5.41, 5.74) is 0. The van der Waals surface area contributed by atoms with Gasteiger partial charge in [-0.25, -0.2) is 0 Å². The summed E-state index contributed by atoms with van der Waals surface area (Å²) in [7, 11) is 0. The molecule has 0 amide bonds. The summed E-state index contributed by atoms with van der Waals surface area (Å²) in [6.07, 6.45) is 7.08. The molecule has 0 spiro atoms. The van der Waals surface area contributed by atoms with Crippen LogP contribution in [0.2, 0.25) is 0 Å². The van der Waals surface area contributed by atoms with Crippen molar-refractivity contribution >= 4 is 0 Å². The molecular formula is C14H27N3. The van der Waals surface area contributed by atoms with Gasteiger partial charge in [-0.2, -0.15) is 0 Å². The topological polar surface area (TPSA) is 18.5 Å². The third-order valence-electron chi connectivity index (χ3n) is 4.82. The predicted octanol–water partition coefficient (Wildman–Crippen LogP) is 1.16. The third kappa shape index (κ3) is 3.01. The third-order valence-corrected chi connectivity index (χ3v) is 4.82. The highest BCUT2D eigenvalue weighted by Crippen LogP contribution is 2.24. The molecule has 0 saturated carbocycles. The summed E-state index contributed by atoms with van der Waals surface area (Å²) in [6.45, 7) is 9.29. The molecule has 3 saturated heterocycles. The smallest absolute Gasteiger partial charge is 0.0235 e. The molecule has 0 aromatic rings. The molecule has 3 aliphatic rings. The Hall–Kier alpha value is -0.120. The number of fused-ring (bicyclic) bond motifs is 1. The molecule has 3 heterocycles. The first kappa shape index (κ1) is 11.9. The molecular weight excluding hydrogens is 210 g/mol. The number of piperidine rings is 1. The Morgan fingerprint density at radius 2 is 1.76 bits per heavy atom. The van der Waals surface area contributed by atoms with Gasteiger partial charge in [0.1, 0.15) is 0 Å². The van der Waals surface area contributed by atoms with Gasteiger partial charge in [0.15, 0.2) is 0 Å². The van der Waals surface area contributed by atoms with Gasteiger partial charge in [-0.05, 0) is 70.7 Å². The van der Waals surface area contributed by atoms with Crippen LogP contribution in [-0.2, 0) is 0 Å². The van der Waals surface area contributed by atoms with Crippen molar-refractivity contribution in [2.24, 2.45) is 5.92 Å². The fraction of sp³-hybridized carbons (Fsp3) is 1.00. The van der Waals surface area contributed by atoms with Crippen LogP contribution in [0.25, 0.3) is 0 Å². The van der Waals surface area contributed by atoms with Crippen LogP contribution < -0.4 is 5.32 Å². The molecule has 17 heavy (non-hydrogen) atoms. The zero-order chi connectivity index (χ0) is 11.5. The first-order valence-corrected chi connectivity index (χ1v) is 7.60. The Labute approximate surface area is 106 Å². The van der Waals surface area contributed by atoms with Crippen LogP contribution in [-0.4, -0.2) is 61.7 Å². The van der Waals surface area contributed by atoms with Crippen molar-refractivity contribution in [3.63, 3.8) is 0 Å². The molecule has 3 rings (SSSR count). The Morgan fingerprint density at radius 1 is 0.941 bits per heavy atom. The van der Waals surface area contributed by atoms with Gasteiger partial charge in [-0.1, -0.05) is 0 Å². The lowest BCUT2D eigenvalue weighted by Crippen LogP contribution is -2.40. The zero-order valence-electron chi connectivity index (χ0n) is 11.0. The van der Waals surface area contributed by atoms with E-state index in [2.05, 4.69) is 15.1 Å². The summed E-state index contributed by atoms with van der Waals surface area (Å²) < 4.78 is 0. The van der Waals surface area contributed by atoms with Crippen molar-refractivity contribution in [1.82, 2.24) is 15.1 Å². The van der Waals surface area contributed by atoms with Gasteiger partial charge in [0.2, 0.25) is 0 Å². The van der Waals surface area contributed by atoms with E-state index in [0.29, 0.717) is 0 Å². The normalized spacial score (nSPS) is 35.3. The van der Waals surface area contributed by atoms with Crippen molar-refractivity contribution in [3.8, 4) is 0 Å². The maximum Gasteiger partial charge on any atom is 0.0235 e. The number of hydrogen-bond acceptors (Lipinski definition) is 3. The SMILES string of the molecule is C1CNC2CN(CCCN3CCCC3)CC2C1. The minimum atomic E-state index is 0.815. The average molecular weight is 237 g/mol. The summed E-state index contributed by atoms with van der Waals surface area (Å²) in [5.74, 6) is 0.954. The predicted molar refractivity (Wildman–Crippen MR) is 71.2 cm³/mol. The number of nitrogens with one attached hydrogen (secondary N) is 1. The standard InChI is InChI=1S/C14H27N3/c1-2-8-16(7-1)9-4-10-17-11-13-5-3-6-15-14(13)12-17/h13-15H,1-12H2. The molecule has 3 fully saturated rings. The first-order valence-electron chi connectivity index (χ1n) is 7.60. The van der Waals surface area contributed by atoms with Crippen LogP contribution in [0.15, 0.2) is 0 Å². The summed E-state index contributed by atoms with van der Waals surface area (Å²) >= 11 is 0. The van der Waals surface area contributed by atoms with E-state index >= 15 is 0 Å². The zero-order valence-corrected chi connectivity index (χ0v) is 11.0. The average Bonchev–Trinajstić information content (AvgIpc) is 2.96. The van der Waals surface area contributed by atoms with Crippen LogP contribution in [0, 0.1) is 5.92 Å². The van der Waals surface area contributed by atoms with Gasteiger partial charge in [0, 0.05) is 19.1 Å². The second-order valence-corrected chi connectivity index (χ2v) is 6.12. The number of nitrogens with zero attached hydrogens (tertiary/aromatic N) is 2. The van der Waals surface area contributed by atoms with E-state index in [-0.39, 0.29) is 0 Å². The molecule has 3 nitrogen and oxygen atoms in total. The number of rotatable bonds is 4. The van der Waals surface area contributed by atoms with Gasteiger partial charge >= 0.3 is 0 Å². The van der Waals surface area contributed by atoms with Crippen LogP contribution >= 0.6 is 0 Å². The second-order valence-electron chi connectivity index (χ2n) is 6.12. The van der Waals surface area contributed by atoms with Crippen molar-refractivity contribution in [3.05, 3.63) is 0 Å². The van der Waals surface area contributed by atoms with E-state index in [1.165, 1.54) is 77.9 Å². The van der Waals surface area contributed by atoms with Crippen LogP contribution in [0.3, 0.4) is 0 Å². The fourth-order valence-corrected chi connectivity index (χ4v) is 3.84. The molecule has 0 aliphatic carbocycles. The molecule has 0 aromatic carbocycles. The van der Waals surface area contributed by atoms with Gasteiger partial charge in [0.05, 0.1) is 0 Å². The Morgan fingerprint density at radius 3 is 2.59 bits per heavy atom. The maximum atomic E-state index is 3.69. The molecule has 0 radical (unpaired) electrons. The first-order chi connectivity index (χ1) is 8.42. The number of likely N-dealkylation sites (tertiary alicyclic amines) is 2. The highest BCUT2D eigenvalue weighted by molar-refractivity contribution is 4.91. The van der Waals surface area contributed by atoms with Gasteiger partial charge in [0.25, 0.3) is 0 Å². The van der Waals surface area contributed by atoms with Crippen molar-refractivity contribution in [2.45, 2.75) is 38.1 Å². The summed E-state index contributed by atoms with van der Waals surface area (Å²) in [4.78, 5) is 5.34. The lowest BCUT2D eigenvalue weighted by atomic mass is 9.94. The van der Waals surface area contributed by atoms with Crippen LogP contribution in [0.1, 0.15) is 32.1 Å². The minimum absolute atomic E-state index is 0.815. The lowest BCUT2D eigenvalue weighted by Gasteiger charge is -2.24. The molecule has 0 bridgehead atoms. The number of hydrogen-bond donors (Lipinski definition) is 1. The van der Waals surface area contributed by atoms with Gasteiger partial charge < -0.3 is 15.1 Å². The van der Waals surface area contributed by atoms with E-state index < -0.39 is 0 Å². The van der Waals surface area contributed by atoms with Gasteiger partial charge in [-0.3, -0.25) is 0 Å². The summed E-state index contributed by atoms with van der Waals surface area (Å²) in [5, 5.41) is 3.69. The van der Waals surface area contributed by atoms with Crippen molar-refractivity contribution in [1.29, 1.82) is 0 Å². The van der Waals surface area contributed by atoms with Crippen molar-refractivity contribution in [2.75, 3.05) is 45.8 Å². The van der Waals surface area contributed by atoms with E-state index in [9.17, 15) is 0 Å².